The number of esters is 1. The van der Waals surface area contributed by atoms with E-state index in [1.165, 1.54) is 18.4 Å². The van der Waals surface area contributed by atoms with Crippen LogP contribution in [0.15, 0.2) is 53.0 Å². The lowest BCUT2D eigenvalue weighted by Gasteiger charge is -2.15. The molecule has 0 radical (unpaired) electrons. The van der Waals surface area contributed by atoms with Crippen molar-refractivity contribution in [3.63, 3.8) is 0 Å². The summed E-state index contributed by atoms with van der Waals surface area (Å²) in [6.45, 7) is 6.05. The normalized spacial score (nSPS) is 11.5. The SMILES string of the molecule is CCOc1ccc(-c2c(C)sc(NC(=O)C(C)Oc3cccc(Br)c3)c2C(=O)OC)cc1. The van der Waals surface area contributed by atoms with Crippen LogP contribution in [0.1, 0.15) is 29.1 Å². The van der Waals surface area contributed by atoms with Crippen molar-refractivity contribution in [2.75, 3.05) is 19.0 Å². The van der Waals surface area contributed by atoms with Crippen LogP contribution in [0.3, 0.4) is 0 Å². The number of amides is 1. The van der Waals surface area contributed by atoms with E-state index >= 15 is 0 Å². The van der Waals surface area contributed by atoms with E-state index in [2.05, 4.69) is 21.2 Å². The zero-order valence-electron chi connectivity index (χ0n) is 18.2. The predicted octanol–water partition coefficient (Wildman–Crippen LogP) is 6.08. The van der Waals surface area contributed by atoms with Gasteiger partial charge >= 0.3 is 5.97 Å². The fraction of sp³-hybridized carbons (Fsp3) is 0.250. The summed E-state index contributed by atoms with van der Waals surface area (Å²) in [4.78, 5) is 26.4. The van der Waals surface area contributed by atoms with Crippen LogP contribution >= 0.6 is 27.3 Å². The number of rotatable bonds is 8. The second-order valence-electron chi connectivity index (χ2n) is 6.89. The molecule has 1 amide bonds. The fourth-order valence-corrected chi connectivity index (χ4v) is 4.62. The third-order valence-corrected chi connectivity index (χ3v) is 6.16. The maximum absolute atomic E-state index is 12.8. The monoisotopic (exact) mass is 517 g/mol. The molecule has 0 spiro atoms. The van der Waals surface area contributed by atoms with Gasteiger partial charge < -0.3 is 19.5 Å². The molecule has 32 heavy (non-hydrogen) atoms. The molecular formula is C24H24BrNO5S. The molecule has 168 valence electrons. The number of thiophene rings is 1. The van der Waals surface area contributed by atoms with E-state index in [4.69, 9.17) is 14.2 Å². The summed E-state index contributed by atoms with van der Waals surface area (Å²) in [5.41, 5.74) is 1.88. The third kappa shape index (κ3) is 5.49. The maximum atomic E-state index is 12.8. The summed E-state index contributed by atoms with van der Waals surface area (Å²) >= 11 is 4.71. The average molecular weight is 518 g/mol. The maximum Gasteiger partial charge on any atom is 0.341 e. The zero-order chi connectivity index (χ0) is 23.3. The van der Waals surface area contributed by atoms with Crippen LogP contribution in [0, 0.1) is 6.92 Å². The molecule has 0 aliphatic heterocycles. The van der Waals surface area contributed by atoms with E-state index in [0.29, 0.717) is 22.9 Å². The molecule has 6 nitrogen and oxygen atoms in total. The van der Waals surface area contributed by atoms with Crippen molar-refractivity contribution < 1.29 is 23.8 Å². The van der Waals surface area contributed by atoms with Gasteiger partial charge in [-0.1, -0.05) is 34.1 Å². The molecule has 2 aromatic carbocycles. The molecule has 0 saturated heterocycles. The molecule has 3 rings (SSSR count). The summed E-state index contributed by atoms with van der Waals surface area (Å²) in [5.74, 6) is 0.423. The van der Waals surface area contributed by atoms with Crippen LogP contribution in [-0.2, 0) is 9.53 Å². The average Bonchev–Trinajstić information content (AvgIpc) is 3.09. The molecule has 1 aromatic heterocycles. The fourth-order valence-electron chi connectivity index (χ4n) is 3.17. The molecule has 1 unspecified atom stereocenters. The Kier molecular flexibility index (Phi) is 7.93. The first-order chi connectivity index (χ1) is 15.3. The van der Waals surface area contributed by atoms with Crippen LogP contribution in [0.5, 0.6) is 11.5 Å². The largest absolute Gasteiger partial charge is 0.494 e. The van der Waals surface area contributed by atoms with Crippen molar-refractivity contribution in [2.45, 2.75) is 26.9 Å². The Labute approximate surface area is 199 Å². The van der Waals surface area contributed by atoms with Gasteiger partial charge in [0.05, 0.1) is 13.7 Å². The molecule has 0 saturated carbocycles. The van der Waals surface area contributed by atoms with Gasteiger partial charge in [0.25, 0.3) is 5.91 Å². The third-order valence-electron chi connectivity index (χ3n) is 4.64. The summed E-state index contributed by atoms with van der Waals surface area (Å²) < 4.78 is 17.1. The minimum Gasteiger partial charge on any atom is -0.494 e. The van der Waals surface area contributed by atoms with E-state index in [0.717, 1.165) is 26.2 Å². The quantitative estimate of drug-likeness (QED) is 0.366. The van der Waals surface area contributed by atoms with Crippen LogP contribution in [0.4, 0.5) is 5.00 Å². The van der Waals surface area contributed by atoms with E-state index in [1.807, 2.05) is 50.2 Å². The van der Waals surface area contributed by atoms with Gasteiger partial charge in [0.1, 0.15) is 22.1 Å². The van der Waals surface area contributed by atoms with Crippen LogP contribution < -0.4 is 14.8 Å². The highest BCUT2D eigenvalue weighted by Crippen LogP contribution is 2.41. The Morgan fingerprint density at radius 1 is 1.12 bits per heavy atom. The van der Waals surface area contributed by atoms with Crippen molar-refractivity contribution in [2.24, 2.45) is 0 Å². The van der Waals surface area contributed by atoms with Gasteiger partial charge in [-0.3, -0.25) is 4.79 Å². The number of carbonyl (C=O) groups is 2. The van der Waals surface area contributed by atoms with E-state index in [1.54, 1.807) is 19.1 Å². The highest BCUT2D eigenvalue weighted by Gasteiger charge is 2.26. The van der Waals surface area contributed by atoms with Crippen molar-refractivity contribution in [3.8, 4) is 22.6 Å². The van der Waals surface area contributed by atoms with Gasteiger partial charge in [0.15, 0.2) is 6.10 Å². The minimum absolute atomic E-state index is 0.321. The lowest BCUT2D eigenvalue weighted by molar-refractivity contribution is -0.122. The van der Waals surface area contributed by atoms with Crippen LogP contribution in [0.2, 0.25) is 0 Å². The second kappa shape index (κ2) is 10.7. The second-order valence-corrected chi connectivity index (χ2v) is 9.03. The molecule has 0 aliphatic carbocycles. The highest BCUT2D eigenvalue weighted by molar-refractivity contribution is 9.10. The molecule has 0 bridgehead atoms. The van der Waals surface area contributed by atoms with Gasteiger partial charge in [0, 0.05) is 14.9 Å². The number of carbonyl (C=O) groups excluding carboxylic acids is 2. The van der Waals surface area contributed by atoms with Gasteiger partial charge in [0.2, 0.25) is 0 Å². The Bertz CT molecular complexity index is 1110. The molecule has 1 N–H and O–H groups in total. The molecule has 8 heteroatoms. The number of anilines is 1. The standard InChI is InChI=1S/C24H24BrNO5S/c1-5-30-18-11-9-16(10-12-18)20-15(3)32-23(21(20)24(28)29-4)26-22(27)14(2)31-19-8-6-7-17(25)13-19/h6-14H,5H2,1-4H3,(H,26,27). The number of hydrogen-bond acceptors (Lipinski definition) is 6. The Hall–Kier alpha value is -2.84. The van der Waals surface area contributed by atoms with Gasteiger partial charge in [-0.15, -0.1) is 11.3 Å². The molecule has 1 heterocycles. The predicted molar refractivity (Wildman–Crippen MR) is 130 cm³/mol. The Morgan fingerprint density at radius 2 is 1.84 bits per heavy atom. The number of methoxy groups -OCH3 is 1. The van der Waals surface area contributed by atoms with Crippen molar-refractivity contribution >= 4 is 44.1 Å². The van der Waals surface area contributed by atoms with Crippen LogP contribution in [0.25, 0.3) is 11.1 Å². The molecule has 1 atom stereocenters. The van der Waals surface area contributed by atoms with E-state index in [-0.39, 0.29) is 5.91 Å². The van der Waals surface area contributed by atoms with Crippen molar-refractivity contribution in [1.29, 1.82) is 0 Å². The van der Waals surface area contributed by atoms with Crippen LogP contribution in [-0.4, -0.2) is 31.7 Å². The van der Waals surface area contributed by atoms with Crippen molar-refractivity contribution in [1.82, 2.24) is 0 Å². The zero-order valence-corrected chi connectivity index (χ0v) is 20.6. The van der Waals surface area contributed by atoms with E-state index < -0.39 is 12.1 Å². The minimum atomic E-state index is -0.772. The first-order valence-electron chi connectivity index (χ1n) is 10.0. The molecule has 3 aromatic rings. The van der Waals surface area contributed by atoms with Gasteiger partial charge in [-0.2, -0.15) is 0 Å². The summed E-state index contributed by atoms with van der Waals surface area (Å²) in [5, 5.41) is 3.26. The number of ether oxygens (including phenoxy) is 3. The number of halogens is 1. The first-order valence-corrected chi connectivity index (χ1v) is 11.6. The topological polar surface area (TPSA) is 73.9 Å². The lowest BCUT2D eigenvalue weighted by atomic mass is 10.0. The number of nitrogens with one attached hydrogen (secondary N) is 1. The summed E-state index contributed by atoms with van der Waals surface area (Å²) in [7, 11) is 1.32. The Morgan fingerprint density at radius 3 is 2.47 bits per heavy atom. The number of aryl methyl sites for hydroxylation is 1. The summed E-state index contributed by atoms with van der Waals surface area (Å²) in [6, 6.07) is 14.7. The number of hydrogen-bond donors (Lipinski definition) is 1. The van der Waals surface area contributed by atoms with E-state index in [9.17, 15) is 9.59 Å². The molecule has 0 aliphatic rings. The smallest absolute Gasteiger partial charge is 0.341 e. The molecule has 0 fully saturated rings. The van der Waals surface area contributed by atoms with Gasteiger partial charge in [-0.25, -0.2) is 4.79 Å². The van der Waals surface area contributed by atoms with Crippen molar-refractivity contribution in [3.05, 3.63) is 63.4 Å². The highest BCUT2D eigenvalue weighted by atomic mass is 79.9. The number of benzene rings is 2. The lowest BCUT2D eigenvalue weighted by Crippen LogP contribution is -2.30. The summed E-state index contributed by atoms with van der Waals surface area (Å²) in [6.07, 6.45) is -0.772. The van der Waals surface area contributed by atoms with Gasteiger partial charge in [-0.05, 0) is 56.7 Å². The first kappa shape index (κ1) is 23.8. The molecular weight excluding hydrogens is 494 g/mol. The Balaban J connectivity index is 1.88.